The largest absolute Gasteiger partial charge is 0.329 e. The number of para-hydroxylation sites is 1. The van der Waals surface area contributed by atoms with Crippen molar-refractivity contribution in [3.63, 3.8) is 0 Å². The maximum Gasteiger partial charge on any atom is 0.234 e. The summed E-state index contributed by atoms with van der Waals surface area (Å²) >= 11 is 12.8. The molecule has 222 valence electrons. The molecule has 5 nitrogen and oxygen atoms in total. The van der Waals surface area contributed by atoms with Crippen molar-refractivity contribution in [1.82, 2.24) is 4.90 Å². The maximum atomic E-state index is 14.8. The minimum absolute atomic E-state index is 0.0273. The van der Waals surface area contributed by atoms with Gasteiger partial charge in [0.15, 0.2) is 0 Å². The zero-order chi connectivity index (χ0) is 30.1. The predicted octanol–water partition coefficient (Wildman–Crippen LogP) is 8.27. The summed E-state index contributed by atoms with van der Waals surface area (Å²) in [6.45, 7) is 7.85. The smallest absolute Gasteiger partial charge is 0.234 e. The van der Waals surface area contributed by atoms with E-state index in [1.54, 1.807) is 6.92 Å². The average molecular weight is 626 g/mol. The van der Waals surface area contributed by atoms with Gasteiger partial charge in [-0.1, -0.05) is 78.7 Å². The van der Waals surface area contributed by atoms with Gasteiger partial charge >= 0.3 is 0 Å². The van der Waals surface area contributed by atoms with Gasteiger partial charge in [0.05, 0.1) is 35.5 Å². The summed E-state index contributed by atoms with van der Waals surface area (Å²) in [5.41, 5.74) is 1.91. The SMILES string of the molecule is C=CCC1(C)CC(c2cccc(Cl)c2)C(c2ccc(Cl)cc2)N(C(CN(c2ccccc2)S(=O)(=O)CC)C2CC2)C1=O. The van der Waals surface area contributed by atoms with E-state index in [1.807, 2.05) is 90.7 Å². The van der Waals surface area contributed by atoms with E-state index in [0.717, 1.165) is 24.0 Å². The first kappa shape index (κ1) is 30.7. The van der Waals surface area contributed by atoms with Gasteiger partial charge in [-0.2, -0.15) is 0 Å². The highest BCUT2D eigenvalue weighted by atomic mass is 35.5. The molecule has 4 atom stereocenters. The van der Waals surface area contributed by atoms with Gasteiger partial charge in [-0.05, 0) is 86.1 Å². The molecular formula is C34H38Cl2N2O3S. The lowest BCUT2D eigenvalue weighted by atomic mass is 9.67. The van der Waals surface area contributed by atoms with Crippen molar-refractivity contribution >= 4 is 44.8 Å². The highest BCUT2D eigenvalue weighted by Crippen LogP contribution is 2.54. The van der Waals surface area contributed by atoms with Crippen LogP contribution in [0.1, 0.15) is 62.6 Å². The molecule has 4 unspecified atom stereocenters. The molecule has 5 rings (SSSR count). The quantitative estimate of drug-likeness (QED) is 0.202. The molecule has 0 bridgehead atoms. The molecule has 2 fully saturated rings. The van der Waals surface area contributed by atoms with Crippen LogP contribution in [0.3, 0.4) is 0 Å². The highest BCUT2D eigenvalue weighted by Gasteiger charge is 2.54. The molecular weight excluding hydrogens is 587 g/mol. The van der Waals surface area contributed by atoms with Crippen LogP contribution in [0, 0.1) is 11.3 Å². The van der Waals surface area contributed by atoms with Crippen molar-refractivity contribution in [1.29, 1.82) is 0 Å². The lowest BCUT2D eigenvalue weighted by Gasteiger charge is -2.53. The van der Waals surface area contributed by atoms with Crippen LogP contribution in [0.2, 0.25) is 10.0 Å². The molecule has 3 aromatic rings. The topological polar surface area (TPSA) is 57.7 Å². The van der Waals surface area contributed by atoms with E-state index < -0.39 is 15.4 Å². The number of carbonyl (C=O) groups excluding carboxylic acids is 1. The molecule has 1 saturated carbocycles. The molecule has 0 spiro atoms. The monoisotopic (exact) mass is 624 g/mol. The minimum atomic E-state index is -3.62. The first-order chi connectivity index (χ1) is 20.1. The van der Waals surface area contributed by atoms with Crippen LogP contribution >= 0.6 is 23.2 Å². The Kier molecular flexibility index (Phi) is 9.08. The number of rotatable bonds is 11. The number of anilines is 1. The molecule has 1 saturated heterocycles. The molecule has 42 heavy (non-hydrogen) atoms. The number of piperidine rings is 1. The Morgan fingerprint density at radius 2 is 1.69 bits per heavy atom. The van der Waals surface area contributed by atoms with E-state index in [4.69, 9.17) is 23.2 Å². The Bertz CT molecular complexity index is 1530. The molecule has 3 aromatic carbocycles. The third-order valence-electron chi connectivity index (χ3n) is 8.81. The van der Waals surface area contributed by atoms with Crippen molar-refractivity contribution in [2.24, 2.45) is 11.3 Å². The van der Waals surface area contributed by atoms with Gasteiger partial charge in [0.1, 0.15) is 0 Å². The van der Waals surface area contributed by atoms with Crippen molar-refractivity contribution in [3.05, 3.63) is 113 Å². The molecule has 1 amide bonds. The summed E-state index contributed by atoms with van der Waals surface area (Å²) in [7, 11) is -3.62. The molecule has 0 N–H and O–H groups in total. The second-order valence-corrected chi connectivity index (χ2v) is 14.9. The van der Waals surface area contributed by atoms with Gasteiger partial charge in [-0.15, -0.1) is 6.58 Å². The molecule has 1 aliphatic carbocycles. The van der Waals surface area contributed by atoms with Gasteiger partial charge in [0.25, 0.3) is 0 Å². The minimum Gasteiger partial charge on any atom is -0.329 e. The Morgan fingerprint density at radius 3 is 2.29 bits per heavy atom. The van der Waals surface area contributed by atoms with Crippen LogP contribution < -0.4 is 4.31 Å². The number of hydrogen-bond acceptors (Lipinski definition) is 3. The van der Waals surface area contributed by atoms with Crippen LogP contribution in [-0.4, -0.2) is 37.6 Å². The van der Waals surface area contributed by atoms with Crippen LogP contribution in [0.15, 0.2) is 91.5 Å². The van der Waals surface area contributed by atoms with E-state index in [9.17, 15) is 13.2 Å². The number of carbonyl (C=O) groups is 1. The van der Waals surface area contributed by atoms with Gasteiger partial charge < -0.3 is 4.90 Å². The van der Waals surface area contributed by atoms with Gasteiger partial charge in [0.2, 0.25) is 15.9 Å². The van der Waals surface area contributed by atoms with E-state index >= 15 is 0 Å². The van der Waals surface area contributed by atoms with Gasteiger partial charge in [0, 0.05) is 16.0 Å². The van der Waals surface area contributed by atoms with Gasteiger partial charge in [-0.3, -0.25) is 9.10 Å². The van der Waals surface area contributed by atoms with Crippen LogP contribution in [0.4, 0.5) is 5.69 Å². The number of sulfonamides is 1. The summed E-state index contributed by atoms with van der Waals surface area (Å²) in [5, 5.41) is 1.26. The Balaban J connectivity index is 1.70. The van der Waals surface area contributed by atoms with E-state index in [1.165, 1.54) is 4.31 Å². The molecule has 0 aromatic heterocycles. The van der Waals surface area contributed by atoms with Crippen molar-refractivity contribution in [2.45, 2.75) is 57.5 Å². The van der Waals surface area contributed by atoms with E-state index in [0.29, 0.717) is 28.6 Å². The Labute approximate surface area is 260 Å². The fourth-order valence-corrected chi connectivity index (χ4v) is 7.96. The zero-order valence-corrected chi connectivity index (χ0v) is 26.5. The second kappa shape index (κ2) is 12.4. The first-order valence-corrected chi connectivity index (χ1v) is 16.9. The first-order valence-electron chi connectivity index (χ1n) is 14.6. The lowest BCUT2D eigenvalue weighted by molar-refractivity contribution is -0.154. The Morgan fingerprint density at radius 1 is 1.00 bits per heavy atom. The van der Waals surface area contributed by atoms with Crippen molar-refractivity contribution in [3.8, 4) is 0 Å². The predicted molar refractivity (Wildman–Crippen MR) is 173 cm³/mol. The number of halogens is 2. The third kappa shape index (κ3) is 6.27. The highest BCUT2D eigenvalue weighted by molar-refractivity contribution is 7.92. The second-order valence-electron chi connectivity index (χ2n) is 11.8. The maximum absolute atomic E-state index is 14.8. The number of amides is 1. The molecule has 1 aliphatic heterocycles. The van der Waals surface area contributed by atoms with Crippen LogP contribution in [-0.2, 0) is 14.8 Å². The summed E-state index contributed by atoms with van der Waals surface area (Å²) < 4.78 is 28.6. The number of hydrogen-bond donors (Lipinski definition) is 0. The molecule has 1 heterocycles. The fourth-order valence-electron chi connectivity index (χ4n) is 6.50. The zero-order valence-electron chi connectivity index (χ0n) is 24.1. The number of benzene rings is 3. The molecule has 2 aliphatic rings. The van der Waals surface area contributed by atoms with Crippen LogP contribution in [0.25, 0.3) is 0 Å². The van der Waals surface area contributed by atoms with Crippen molar-refractivity contribution in [2.75, 3.05) is 16.6 Å². The van der Waals surface area contributed by atoms with E-state index in [2.05, 4.69) is 12.6 Å². The third-order valence-corrected chi connectivity index (χ3v) is 11.1. The normalized spacial score (nSPS) is 23.4. The van der Waals surface area contributed by atoms with Crippen LogP contribution in [0.5, 0.6) is 0 Å². The summed E-state index contributed by atoms with van der Waals surface area (Å²) in [6, 6.07) is 24.1. The summed E-state index contributed by atoms with van der Waals surface area (Å²) in [4.78, 5) is 16.8. The van der Waals surface area contributed by atoms with Gasteiger partial charge in [-0.25, -0.2) is 8.42 Å². The van der Waals surface area contributed by atoms with E-state index in [-0.39, 0.29) is 42.1 Å². The molecule has 8 heteroatoms. The van der Waals surface area contributed by atoms with Crippen molar-refractivity contribution < 1.29 is 13.2 Å². The number of allylic oxidation sites excluding steroid dienone is 1. The molecule has 0 radical (unpaired) electrons. The standard InChI is InChI=1S/C34H38Cl2N2O3S/c1-4-20-34(3)22-30(26-10-9-11-28(36)21-26)32(25-16-18-27(35)19-17-25)38(33(34)39)31(24-14-15-24)23-37(42(40,41)5-2)29-12-7-6-8-13-29/h4,6-13,16-19,21,24,30-32H,1,5,14-15,20,22-23H2,2-3H3. The number of nitrogens with zero attached hydrogens (tertiary/aromatic N) is 2. The summed E-state index contributed by atoms with van der Waals surface area (Å²) in [6.07, 6.45) is 4.82. The fraction of sp³-hybridized carbons (Fsp3) is 0.382. The lowest BCUT2D eigenvalue weighted by Crippen LogP contribution is -2.59. The average Bonchev–Trinajstić information content (AvgIpc) is 3.82. The number of likely N-dealkylation sites (tertiary alicyclic amines) is 1. The summed E-state index contributed by atoms with van der Waals surface area (Å²) in [5.74, 6) is 0.0990. The Hall–Kier alpha value is -2.80.